The van der Waals surface area contributed by atoms with Crippen molar-refractivity contribution >= 4 is 35.4 Å². The molecule has 0 aliphatic carbocycles. The van der Waals surface area contributed by atoms with Gasteiger partial charge < -0.3 is 44.9 Å². The molecule has 1 fully saturated rings. The normalized spacial score (nSPS) is 12.7. The molecule has 1 aromatic heterocycles. The van der Waals surface area contributed by atoms with Crippen LogP contribution in [0, 0.1) is 6.92 Å². The number of anilines is 2. The van der Waals surface area contributed by atoms with Crippen LogP contribution < -0.4 is 30.4 Å². The number of aldehydes is 1. The molecule has 2 heterocycles. The average molecular weight is 605 g/mol. The summed E-state index contributed by atoms with van der Waals surface area (Å²) in [5, 5.41) is 0.840. The first kappa shape index (κ1) is 35.4. The van der Waals surface area contributed by atoms with Gasteiger partial charge in [0.05, 0.1) is 19.7 Å². The number of nitrogens with two attached hydrogens (primary N) is 2. The average Bonchev–Trinajstić information content (AvgIpc) is 3.05. The number of hydrogen-bond donors (Lipinski definition) is 2. The van der Waals surface area contributed by atoms with E-state index in [2.05, 4.69) is 16.9 Å². The van der Waals surface area contributed by atoms with Crippen LogP contribution >= 0.6 is 0 Å². The third kappa shape index (κ3) is 10.8. The third-order valence-corrected chi connectivity index (χ3v) is 6.65. The van der Waals surface area contributed by atoms with Gasteiger partial charge in [-0.05, 0) is 74.8 Å². The highest BCUT2D eigenvalue weighted by atomic mass is 16.5. The molecule has 0 unspecified atom stereocenters. The zero-order valence-electron chi connectivity index (χ0n) is 26.2. The number of aryl methyl sites for hydroxylation is 1. The monoisotopic (exact) mass is 604 g/mol. The molecule has 5 rings (SSSR count). The maximum atomic E-state index is 9.17. The standard InChI is InChI=1S/C18H18N2O3.C12H18N2O.C3H6O.CH2O/c1-11-4-5-12(19)8-16(11)23-15-6-7-20-14-10-18(22-3)17(21-2)9-13(14)15;1-14-8-6-12(7-9-14)15-11-4-2-10(13)3-5-11;1-2-3-4;1-2/h4-10H,19H2,1-3H3;2-5,12H,6-9,13H2,1H3;3H,2H2,1H3;1H2. The van der Waals surface area contributed by atoms with Crippen LogP contribution in [0.25, 0.3) is 10.9 Å². The maximum Gasteiger partial charge on any atom is 0.162 e. The van der Waals surface area contributed by atoms with Crippen molar-refractivity contribution in [2.45, 2.75) is 39.2 Å². The molecule has 0 bridgehead atoms. The summed E-state index contributed by atoms with van der Waals surface area (Å²) >= 11 is 0. The van der Waals surface area contributed by atoms with E-state index < -0.39 is 0 Å². The van der Waals surface area contributed by atoms with Gasteiger partial charge in [0.1, 0.15) is 36.4 Å². The number of benzene rings is 3. The molecule has 0 saturated carbocycles. The van der Waals surface area contributed by atoms with Gasteiger partial charge in [-0.25, -0.2) is 0 Å². The van der Waals surface area contributed by atoms with E-state index in [4.69, 9.17) is 35.2 Å². The Morgan fingerprint density at radius 3 is 2.07 bits per heavy atom. The van der Waals surface area contributed by atoms with E-state index in [-0.39, 0.29) is 0 Å². The molecule has 10 nitrogen and oxygen atoms in total. The molecule has 1 saturated heterocycles. The van der Waals surface area contributed by atoms with E-state index in [9.17, 15) is 4.79 Å². The number of carbonyl (C=O) groups is 2. The lowest BCUT2D eigenvalue weighted by atomic mass is 10.1. The number of pyridine rings is 1. The fourth-order valence-corrected chi connectivity index (χ4v) is 4.22. The highest BCUT2D eigenvalue weighted by molar-refractivity contribution is 5.88. The van der Waals surface area contributed by atoms with Crippen molar-refractivity contribution in [1.82, 2.24) is 9.88 Å². The number of aromatic nitrogens is 1. The van der Waals surface area contributed by atoms with E-state index in [0.29, 0.717) is 41.2 Å². The summed E-state index contributed by atoms with van der Waals surface area (Å²) in [7, 11) is 5.35. The van der Waals surface area contributed by atoms with Gasteiger partial charge in [-0.2, -0.15) is 0 Å². The Hall–Kier alpha value is -4.83. The van der Waals surface area contributed by atoms with Crippen LogP contribution in [0.2, 0.25) is 0 Å². The fourth-order valence-electron chi connectivity index (χ4n) is 4.22. The summed E-state index contributed by atoms with van der Waals surface area (Å²) in [5.41, 5.74) is 14.7. The maximum absolute atomic E-state index is 9.17. The van der Waals surface area contributed by atoms with Crippen LogP contribution in [-0.2, 0) is 9.59 Å². The Bertz CT molecular complexity index is 1440. The van der Waals surface area contributed by atoms with Gasteiger partial charge in [-0.1, -0.05) is 13.0 Å². The highest BCUT2D eigenvalue weighted by Crippen LogP contribution is 2.37. The first-order chi connectivity index (χ1) is 21.3. The van der Waals surface area contributed by atoms with Crippen molar-refractivity contribution in [3.05, 3.63) is 72.4 Å². The van der Waals surface area contributed by atoms with Crippen molar-refractivity contribution < 1.29 is 28.5 Å². The number of rotatable bonds is 7. The molecule has 1 aliphatic rings. The molecule has 0 spiro atoms. The van der Waals surface area contributed by atoms with Gasteiger partial charge in [0.25, 0.3) is 0 Å². The lowest BCUT2D eigenvalue weighted by Crippen LogP contribution is -2.35. The lowest BCUT2D eigenvalue weighted by Gasteiger charge is -2.29. The van der Waals surface area contributed by atoms with Crippen molar-refractivity contribution in [1.29, 1.82) is 0 Å². The molecule has 236 valence electrons. The van der Waals surface area contributed by atoms with Gasteiger partial charge >= 0.3 is 0 Å². The molecular weight excluding hydrogens is 560 g/mol. The van der Waals surface area contributed by atoms with Gasteiger partial charge in [0.15, 0.2) is 11.5 Å². The van der Waals surface area contributed by atoms with E-state index in [1.54, 1.807) is 20.4 Å². The molecule has 0 radical (unpaired) electrons. The fraction of sp³-hybridized carbons (Fsp3) is 0.324. The second-order valence-electron chi connectivity index (χ2n) is 9.92. The Kier molecular flexibility index (Phi) is 15.0. The minimum atomic E-state index is 0.366. The zero-order valence-corrected chi connectivity index (χ0v) is 26.2. The lowest BCUT2D eigenvalue weighted by molar-refractivity contribution is -0.107. The third-order valence-electron chi connectivity index (χ3n) is 6.65. The summed E-state index contributed by atoms with van der Waals surface area (Å²) in [6, 6.07) is 18.7. The molecule has 44 heavy (non-hydrogen) atoms. The summed E-state index contributed by atoms with van der Waals surface area (Å²) < 4.78 is 22.6. The van der Waals surface area contributed by atoms with Crippen LogP contribution in [0.5, 0.6) is 28.7 Å². The van der Waals surface area contributed by atoms with Crippen LogP contribution in [-0.4, -0.2) is 63.4 Å². The van der Waals surface area contributed by atoms with Crippen LogP contribution in [0.15, 0.2) is 66.9 Å². The minimum absolute atomic E-state index is 0.366. The molecule has 1 aliphatic heterocycles. The Balaban J connectivity index is 0.000000276. The Labute approximate surface area is 259 Å². The van der Waals surface area contributed by atoms with Crippen LogP contribution in [0.4, 0.5) is 11.4 Å². The second kappa shape index (κ2) is 18.7. The van der Waals surface area contributed by atoms with Crippen molar-refractivity contribution in [2.75, 3.05) is 45.8 Å². The van der Waals surface area contributed by atoms with E-state index >= 15 is 0 Å². The first-order valence-electron chi connectivity index (χ1n) is 14.3. The second-order valence-corrected chi connectivity index (χ2v) is 9.92. The van der Waals surface area contributed by atoms with E-state index in [0.717, 1.165) is 60.1 Å². The number of hydrogen-bond acceptors (Lipinski definition) is 10. The van der Waals surface area contributed by atoms with Crippen molar-refractivity contribution in [3.63, 3.8) is 0 Å². The van der Waals surface area contributed by atoms with Gasteiger partial charge in [0.2, 0.25) is 0 Å². The zero-order chi connectivity index (χ0) is 32.5. The summed E-state index contributed by atoms with van der Waals surface area (Å²) in [6.45, 7) is 8.04. The van der Waals surface area contributed by atoms with Crippen molar-refractivity contribution in [3.8, 4) is 28.7 Å². The number of likely N-dealkylation sites (tertiary alicyclic amines) is 1. The van der Waals surface area contributed by atoms with Gasteiger partial charge in [-0.15, -0.1) is 0 Å². The Morgan fingerprint density at radius 2 is 1.48 bits per heavy atom. The number of nitrogen functional groups attached to an aromatic ring is 2. The summed E-state index contributed by atoms with van der Waals surface area (Å²) in [5.74, 6) is 3.59. The molecule has 4 aromatic rings. The smallest absolute Gasteiger partial charge is 0.162 e. The predicted octanol–water partition coefficient (Wildman–Crippen LogP) is 6.09. The van der Waals surface area contributed by atoms with Crippen molar-refractivity contribution in [2.24, 2.45) is 0 Å². The highest BCUT2D eigenvalue weighted by Gasteiger charge is 2.17. The van der Waals surface area contributed by atoms with Crippen LogP contribution in [0.3, 0.4) is 0 Å². The van der Waals surface area contributed by atoms with Crippen LogP contribution in [0.1, 0.15) is 31.7 Å². The number of ether oxygens (including phenoxy) is 4. The molecule has 3 aromatic carbocycles. The SMILES string of the molecule is C=O.CCC=O.CN1CCC(Oc2ccc(N)cc2)CC1.COc1cc2nccc(Oc3cc(N)ccc3C)c2cc1OC. The van der Waals surface area contributed by atoms with Gasteiger partial charge in [0, 0.05) is 54.6 Å². The molecule has 0 atom stereocenters. The number of carbonyl (C=O) groups excluding carboxylic acids is 2. The first-order valence-corrected chi connectivity index (χ1v) is 14.3. The number of nitrogens with zero attached hydrogens (tertiary/aromatic N) is 2. The van der Waals surface area contributed by atoms with E-state index in [1.165, 1.54) is 0 Å². The quantitative estimate of drug-likeness (QED) is 0.188. The molecular formula is C34H44N4O6. The number of methoxy groups -OCH3 is 2. The van der Waals surface area contributed by atoms with Gasteiger partial charge in [-0.3, -0.25) is 4.98 Å². The number of fused-ring (bicyclic) bond motifs is 1. The molecule has 4 N–H and O–H groups in total. The summed E-state index contributed by atoms with van der Waals surface area (Å²) in [6.07, 6.45) is 5.80. The molecule has 10 heteroatoms. The van der Waals surface area contributed by atoms with E-state index in [1.807, 2.05) is 81.3 Å². The largest absolute Gasteiger partial charge is 0.493 e. The predicted molar refractivity (Wildman–Crippen MR) is 176 cm³/mol. The molecule has 0 amide bonds. The summed E-state index contributed by atoms with van der Waals surface area (Å²) in [4.78, 5) is 23.9. The topological polar surface area (TPSA) is 139 Å². The Morgan fingerprint density at radius 1 is 0.886 bits per heavy atom. The minimum Gasteiger partial charge on any atom is -0.493 e. The number of piperidine rings is 1.